The Kier molecular flexibility index (Phi) is 2.55. The predicted molar refractivity (Wildman–Crippen MR) is 56.9 cm³/mol. The van der Waals surface area contributed by atoms with Crippen LogP contribution < -0.4 is 0 Å². The monoisotopic (exact) mass is 204 g/mol. The second-order valence-electron chi connectivity index (χ2n) is 2.69. The molecule has 0 saturated carbocycles. The summed E-state index contributed by atoms with van der Waals surface area (Å²) in [4.78, 5) is 4.28. The topological polar surface area (TPSA) is 45.5 Å². The van der Waals surface area contributed by atoms with Crippen molar-refractivity contribution >= 4 is 17.6 Å². The van der Waals surface area contributed by atoms with Crippen molar-refractivity contribution in [2.24, 2.45) is 5.16 Å². The van der Waals surface area contributed by atoms with Crippen LogP contribution in [-0.2, 0) is 0 Å². The van der Waals surface area contributed by atoms with Gasteiger partial charge in [-0.3, -0.25) is 0 Å². The second-order valence-corrected chi connectivity index (χ2v) is 3.55. The standard InChI is InChI=1S/C10H8N2OS/c13-11-6-9-7-14-10(12-9)8-4-2-1-3-5-8/h1-7,13H/b11-6+. The molecule has 14 heavy (non-hydrogen) atoms. The van der Waals surface area contributed by atoms with Gasteiger partial charge in [0.25, 0.3) is 0 Å². The van der Waals surface area contributed by atoms with Crippen LogP contribution in [0.25, 0.3) is 10.6 Å². The van der Waals surface area contributed by atoms with Crippen LogP contribution in [0.2, 0.25) is 0 Å². The fourth-order valence-electron chi connectivity index (χ4n) is 1.12. The van der Waals surface area contributed by atoms with E-state index in [1.54, 1.807) is 0 Å². The predicted octanol–water partition coefficient (Wildman–Crippen LogP) is 2.62. The van der Waals surface area contributed by atoms with Gasteiger partial charge in [0, 0.05) is 10.9 Å². The van der Waals surface area contributed by atoms with Gasteiger partial charge in [-0.25, -0.2) is 4.98 Å². The number of oxime groups is 1. The van der Waals surface area contributed by atoms with E-state index in [0.29, 0.717) is 5.69 Å². The van der Waals surface area contributed by atoms with Gasteiger partial charge in [0.15, 0.2) is 0 Å². The molecule has 0 aliphatic rings. The molecule has 3 nitrogen and oxygen atoms in total. The lowest BCUT2D eigenvalue weighted by molar-refractivity contribution is 0.321. The fourth-order valence-corrected chi connectivity index (χ4v) is 1.89. The minimum Gasteiger partial charge on any atom is -0.411 e. The number of rotatable bonds is 2. The first-order valence-corrected chi connectivity index (χ1v) is 4.96. The maximum absolute atomic E-state index is 8.33. The molecule has 0 bridgehead atoms. The van der Waals surface area contributed by atoms with E-state index in [2.05, 4.69) is 10.1 Å². The third-order valence-electron chi connectivity index (χ3n) is 1.73. The number of hydrogen-bond donors (Lipinski definition) is 1. The molecular formula is C10H8N2OS. The maximum atomic E-state index is 8.33. The van der Waals surface area contributed by atoms with Crippen LogP contribution in [0.5, 0.6) is 0 Å². The number of benzene rings is 1. The van der Waals surface area contributed by atoms with Crippen molar-refractivity contribution in [3.05, 3.63) is 41.4 Å². The number of hydrogen-bond acceptors (Lipinski definition) is 4. The highest BCUT2D eigenvalue weighted by atomic mass is 32.1. The lowest BCUT2D eigenvalue weighted by Crippen LogP contribution is -1.80. The van der Waals surface area contributed by atoms with Gasteiger partial charge in [0.05, 0.1) is 11.9 Å². The average Bonchev–Trinajstić information content (AvgIpc) is 2.68. The Labute approximate surface area is 85.4 Å². The summed E-state index contributed by atoms with van der Waals surface area (Å²) in [6, 6.07) is 9.90. The Morgan fingerprint density at radius 3 is 2.79 bits per heavy atom. The molecule has 0 atom stereocenters. The lowest BCUT2D eigenvalue weighted by atomic mass is 10.2. The normalized spacial score (nSPS) is 10.9. The van der Waals surface area contributed by atoms with Crippen molar-refractivity contribution in [3.63, 3.8) is 0 Å². The SMILES string of the molecule is O/N=C/c1csc(-c2ccccc2)n1. The molecule has 0 spiro atoms. The van der Waals surface area contributed by atoms with Crippen LogP contribution >= 0.6 is 11.3 Å². The van der Waals surface area contributed by atoms with E-state index in [4.69, 9.17) is 5.21 Å². The molecule has 1 aromatic carbocycles. The van der Waals surface area contributed by atoms with Crippen molar-refractivity contribution in [2.45, 2.75) is 0 Å². The van der Waals surface area contributed by atoms with Crippen LogP contribution in [0.1, 0.15) is 5.69 Å². The maximum Gasteiger partial charge on any atom is 0.124 e. The molecule has 0 fully saturated rings. The van der Waals surface area contributed by atoms with Crippen molar-refractivity contribution in [2.75, 3.05) is 0 Å². The summed E-state index contributed by atoms with van der Waals surface area (Å²) < 4.78 is 0. The van der Waals surface area contributed by atoms with Crippen LogP contribution in [0.4, 0.5) is 0 Å². The van der Waals surface area contributed by atoms with Crippen molar-refractivity contribution < 1.29 is 5.21 Å². The van der Waals surface area contributed by atoms with Gasteiger partial charge in [0.1, 0.15) is 5.01 Å². The molecule has 0 unspecified atom stereocenters. The summed E-state index contributed by atoms with van der Waals surface area (Å²) in [6.07, 6.45) is 1.32. The second kappa shape index (κ2) is 4.02. The van der Waals surface area contributed by atoms with E-state index in [9.17, 15) is 0 Å². The molecule has 0 aliphatic carbocycles. The van der Waals surface area contributed by atoms with Crippen molar-refractivity contribution in [1.82, 2.24) is 4.98 Å². The van der Waals surface area contributed by atoms with E-state index in [1.807, 2.05) is 35.7 Å². The fraction of sp³-hybridized carbons (Fsp3) is 0. The van der Waals surface area contributed by atoms with E-state index >= 15 is 0 Å². The first kappa shape index (κ1) is 8.90. The summed E-state index contributed by atoms with van der Waals surface area (Å²) >= 11 is 1.53. The quantitative estimate of drug-likeness (QED) is 0.464. The Bertz CT molecular complexity index is 436. The zero-order valence-corrected chi connectivity index (χ0v) is 8.11. The molecule has 70 valence electrons. The molecule has 2 aromatic rings. The Hall–Kier alpha value is -1.68. The van der Waals surface area contributed by atoms with Gasteiger partial charge in [-0.05, 0) is 0 Å². The molecule has 1 heterocycles. The molecule has 0 amide bonds. The number of thiazole rings is 1. The highest BCUT2D eigenvalue weighted by Crippen LogP contribution is 2.22. The van der Waals surface area contributed by atoms with Crippen molar-refractivity contribution in [3.8, 4) is 10.6 Å². The largest absolute Gasteiger partial charge is 0.411 e. The molecule has 4 heteroatoms. The molecule has 0 radical (unpaired) electrons. The highest BCUT2D eigenvalue weighted by molar-refractivity contribution is 7.13. The lowest BCUT2D eigenvalue weighted by Gasteiger charge is -1.92. The third kappa shape index (κ3) is 1.80. The Morgan fingerprint density at radius 2 is 2.07 bits per heavy atom. The highest BCUT2D eigenvalue weighted by Gasteiger charge is 2.01. The zero-order valence-electron chi connectivity index (χ0n) is 7.29. The van der Waals surface area contributed by atoms with Crippen molar-refractivity contribution in [1.29, 1.82) is 0 Å². The molecule has 1 N–H and O–H groups in total. The number of nitrogens with zero attached hydrogens (tertiary/aromatic N) is 2. The number of aromatic nitrogens is 1. The molecule has 1 aromatic heterocycles. The first-order chi connectivity index (χ1) is 6.90. The van der Waals surface area contributed by atoms with E-state index in [0.717, 1.165) is 10.6 Å². The summed E-state index contributed by atoms with van der Waals surface area (Å²) in [5.41, 5.74) is 1.76. The zero-order chi connectivity index (χ0) is 9.80. The molecule has 0 aliphatic heterocycles. The first-order valence-electron chi connectivity index (χ1n) is 4.08. The van der Waals surface area contributed by atoms with Crippen LogP contribution in [0, 0.1) is 0 Å². The molecule has 2 rings (SSSR count). The van der Waals surface area contributed by atoms with Crippen LogP contribution in [-0.4, -0.2) is 16.4 Å². The summed E-state index contributed by atoms with van der Waals surface area (Å²) in [6.45, 7) is 0. The van der Waals surface area contributed by atoms with Gasteiger partial charge in [-0.1, -0.05) is 35.5 Å². The summed E-state index contributed by atoms with van der Waals surface area (Å²) in [5.74, 6) is 0. The van der Waals surface area contributed by atoms with Gasteiger partial charge in [0.2, 0.25) is 0 Å². The van der Waals surface area contributed by atoms with Gasteiger partial charge >= 0.3 is 0 Å². The Balaban J connectivity index is 2.34. The van der Waals surface area contributed by atoms with Crippen LogP contribution in [0.15, 0.2) is 40.9 Å². The van der Waals surface area contributed by atoms with E-state index < -0.39 is 0 Å². The van der Waals surface area contributed by atoms with E-state index in [1.165, 1.54) is 17.6 Å². The van der Waals surface area contributed by atoms with E-state index in [-0.39, 0.29) is 0 Å². The third-order valence-corrected chi connectivity index (χ3v) is 2.64. The molecular weight excluding hydrogens is 196 g/mol. The smallest absolute Gasteiger partial charge is 0.124 e. The van der Waals surface area contributed by atoms with Crippen LogP contribution in [0.3, 0.4) is 0 Å². The minimum atomic E-state index is 0.677. The Morgan fingerprint density at radius 1 is 1.29 bits per heavy atom. The van der Waals surface area contributed by atoms with Gasteiger partial charge < -0.3 is 5.21 Å². The molecule has 0 saturated heterocycles. The van der Waals surface area contributed by atoms with Gasteiger partial charge in [-0.15, -0.1) is 11.3 Å². The minimum absolute atomic E-state index is 0.677. The summed E-state index contributed by atoms with van der Waals surface area (Å²) in [7, 11) is 0. The van der Waals surface area contributed by atoms with Gasteiger partial charge in [-0.2, -0.15) is 0 Å². The summed E-state index contributed by atoms with van der Waals surface area (Å²) in [5, 5.41) is 14.0. The average molecular weight is 204 g/mol.